The average molecular weight is 562 g/mol. The lowest BCUT2D eigenvalue weighted by Gasteiger charge is -2.35. The van der Waals surface area contributed by atoms with Crippen LogP contribution in [-0.4, -0.2) is 49.7 Å². The number of thiophene rings is 1. The summed E-state index contributed by atoms with van der Waals surface area (Å²) in [5.41, 5.74) is 4.24. The maximum atomic E-state index is 12.9. The van der Waals surface area contributed by atoms with E-state index in [4.69, 9.17) is 14.3 Å². The maximum absolute atomic E-state index is 12.9. The SMILES string of the molecule is CCOC(=O)NCC(=O)Nc1cccc(-c2ccc([C@@]3(CC(=O)NOC4CCCCO4)CCCCS3)s2)c1. The van der Waals surface area contributed by atoms with Gasteiger partial charge in [-0.15, -0.1) is 23.1 Å². The topological polar surface area (TPSA) is 115 Å². The molecule has 0 radical (unpaired) electrons. The zero-order valence-electron chi connectivity index (χ0n) is 21.6. The molecule has 0 aliphatic carbocycles. The van der Waals surface area contributed by atoms with Gasteiger partial charge in [-0.25, -0.2) is 15.1 Å². The summed E-state index contributed by atoms with van der Waals surface area (Å²) in [7, 11) is 0. The van der Waals surface area contributed by atoms with Gasteiger partial charge < -0.3 is 20.1 Å². The van der Waals surface area contributed by atoms with E-state index in [0.29, 0.717) is 18.7 Å². The first kappa shape index (κ1) is 28.4. The lowest BCUT2D eigenvalue weighted by Crippen LogP contribution is -2.37. The Morgan fingerprint density at radius 1 is 1.11 bits per heavy atom. The molecule has 206 valence electrons. The summed E-state index contributed by atoms with van der Waals surface area (Å²) in [5.74, 6) is 0.533. The minimum absolute atomic E-state index is 0.135. The molecule has 4 rings (SSSR count). The number of rotatable bonds is 10. The minimum atomic E-state index is -0.625. The van der Waals surface area contributed by atoms with Gasteiger partial charge in [0, 0.05) is 34.9 Å². The van der Waals surface area contributed by atoms with Gasteiger partial charge in [0.25, 0.3) is 0 Å². The molecule has 0 spiro atoms. The van der Waals surface area contributed by atoms with Crippen molar-refractivity contribution in [2.45, 2.75) is 62.9 Å². The fourth-order valence-corrected chi connectivity index (χ4v) is 7.42. The monoisotopic (exact) mass is 561 g/mol. The van der Waals surface area contributed by atoms with Gasteiger partial charge >= 0.3 is 6.09 Å². The Hall–Kier alpha value is -2.60. The van der Waals surface area contributed by atoms with Gasteiger partial charge in [-0.1, -0.05) is 18.6 Å². The van der Waals surface area contributed by atoms with Crippen LogP contribution in [0.15, 0.2) is 36.4 Å². The third kappa shape index (κ3) is 7.95. The minimum Gasteiger partial charge on any atom is -0.450 e. The summed E-state index contributed by atoms with van der Waals surface area (Å²) < 4.78 is 10.0. The van der Waals surface area contributed by atoms with E-state index in [1.807, 2.05) is 30.0 Å². The van der Waals surface area contributed by atoms with Crippen molar-refractivity contribution in [2.24, 2.45) is 0 Å². The second-order valence-corrected chi connectivity index (χ2v) is 11.8. The van der Waals surface area contributed by atoms with Crippen molar-refractivity contribution in [3.05, 3.63) is 41.3 Å². The molecule has 1 aromatic heterocycles. The number of hydrogen-bond donors (Lipinski definition) is 3. The van der Waals surface area contributed by atoms with Crippen LogP contribution >= 0.6 is 23.1 Å². The number of hydroxylamine groups is 1. The summed E-state index contributed by atoms with van der Waals surface area (Å²) in [6.07, 6.45) is 5.33. The highest BCUT2D eigenvalue weighted by atomic mass is 32.2. The number of benzene rings is 1. The molecule has 3 heterocycles. The Morgan fingerprint density at radius 2 is 2.00 bits per heavy atom. The van der Waals surface area contributed by atoms with Crippen molar-refractivity contribution in [2.75, 3.05) is 30.8 Å². The smallest absolute Gasteiger partial charge is 0.407 e. The number of ether oxygens (including phenoxy) is 2. The lowest BCUT2D eigenvalue weighted by molar-refractivity contribution is -0.200. The first-order chi connectivity index (χ1) is 18.5. The molecule has 2 atom stereocenters. The van der Waals surface area contributed by atoms with E-state index in [0.717, 1.165) is 59.6 Å². The Kier molecular flexibility index (Phi) is 10.4. The predicted octanol–water partition coefficient (Wildman–Crippen LogP) is 5.18. The average Bonchev–Trinajstić information content (AvgIpc) is 3.44. The molecule has 2 aliphatic heterocycles. The van der Waals surface area contributed by atoms with Gasteiger partial charge in [-0.05, 0) is 68.2 Å². The van der Waals surface area contributed by atoms with Crippen LogP contribution < -0.4 is 16.1 Å². The summed E-state index contributed by atoms with van der Waals surface area (Å²) in [6.45, 7) is 2.43. The molecule has 2 saturated heterocycles. The molecule has 0 bridgehead atoms. The van der Waals surface area contributed by atoms with Crippen molar-refractivity contribution < 1.29 is 28.7 Å². The van der Waals surface area contributed by atoms with Crippen molar-refractivity contribution in [3.8, 4) is 10.4 Å². The zero-order valence-corrected chi connectivity index (χ0v) is 23.2. The zero-order chi connectivity index (χ0) is 26.8. The molecule has 9 nitrogen and oxygen atoms in total. The summed E-state index contributed by atoms with van der Waals surface area (Å²) >= 11 is 3.52. The third-order valence-electron chi connectivity index (χ3n) is 6.40. The molecule has 0 saturated carbocycles. The Balaban J connectivity index is 1.40. The third-order valence-corrected chi connectivity index (χ3v) is 9.48. The Bertz CT molecular complexity index is 1100. The quantitative estimate of drug-likeness (QED) is 0.343. The number of thioether (sulfide) groups is 1. The van der Waals surface area contributed by atoms with Crippen molar-refractivity contribution >= 4 is 46.7 Å². The molecule has 1 unspecified atom stereocenters. The fourth-order valence-electron chi connectivity index (χ4n) is 4.53. The Labute approximate surface area is 231 Å². The summed E-state index contributed by atoms with van der Waals surface area (Å²) in [6, 6.07) is 11.8. The molecule has 11 heteroatoms. The number of alkyl carbamates (subject to hydrolysis) is 1. The number of amides is 3. The second kappa shape index (κ2) is 14.0. The fraction of sp³-hybridized carbons (Fsp3) is 0.519. The van der Waals surface area contributed by atoms with Gasteiger partial charge in [-0.3, -0.25) is 9.59 Å². The van der Waals surface area contributed by atoms with Crippen LogP contribution in [0, 0.1) is 0 Å². The molecule has 1 aromatic carbocycles. The molecule has 3 amide bonds. The van der Waals surface area contributed by atoms with Crippen LogP contribution in [0.4, 0.5) is 10.5 Å². The number of anilines is 1. The number of carbonyl (C=O) groups is 3. The van der Waals surface area contributed by atoms with E-state index < -0.39 is 6.09 Å². The maximum Gasteiger partial charge on any atom is 0.407 e. The highest BCUT2D eigenvalue weighted by molar-refractivity contribution is 8.00. The first-order valence-corrected chi connectivity index (χ1v) is 14.9. The second-order valence-electron chi connectivity index (χ2n) is 9.28. The van der Waals surface area contributed by atoms with Gasteiger partial charge in [0.1, 0.15) is 6.54 Å². The van der Waals surface area contributed by atoms with E-state index in [1.54, 1.807) is 24.3 Å². The standard InChI is InChI=1S/C27H35N3O6S2/c1-2-34-26(33)28-18-24(32)29-20-9-7-8-19(16-20)21-11-12-22(38-21)27(13-4-6-15-37-27)17-23(31)30-36-25-10-3-5-14-35-25/h7-9,11-12,16,25H,2-6,10,13-15,17-18H2,1H3,(H,28,33)(H,29,32)(H,30,31)/t25?,27-/m0/s1. The first-order valence-electron chi connectivity index (χ1n) is 13.1. The predicted molar refractivity (Wildman–Crippen MR) is 149 cm³/mol. The van der Waals surface area contributed by atoms with E-state index in [1.165, 1.54) is 0 Å². The molecular formula is C27H35N3O6S2. The summed E-state index contributed by atoms with van der Waals surface area (Å²) in [4.78, 5) is 44.3. The van der Waals surface area contributed by atoms with Crippen LogP contribution in [0.25, 0.3) is 10.4 Å². The largest absolute Gasteiger partial charge is 0.450 e. The van der Waals surface area contributed by atoms with Crippen LogP contribution in [-0.2, 0) is 28.6 Å². The van der Waals surface area contributed by atoms with Crippen molar-refractivity contribution in [3.63, 3.8) is 0 Å². The summed E-state index contributed by atoms with van der Waals surface area (Å²) in [5, 5.41) is 5.22. The lowest BCUT2D eigenvalue weighted by atomic mass is 9.94. The molecule has 38 heavy (non-hydrogen) atoms. The highest BCUT2D eigenvalue weighted by Crippen LogP contribution is 2.51. The van der Waals surface area contributed by atoms with Gasteiger partial charge in [-0.2, -0.15) is 0 Å². The molecule has 2 aliphatic rings. The highest BCUT2D eigenvalue weighted by Gasteiger charge is 2.38. The van der Waals surface area contributed by atoms with E-state index in [-0.39, 0.29) is 36.0 Å². The normalized spacial score (nSPS) is 21.3. The molecule has 2 fully saturated rings. The van der Waals surface area contributed by atoms with Crippen LogP contribution in [0.3, 0.4) is 0 Å². The van der Waals surface area contributed by atoms with E-state index >= 15 is 0 Å². The van der Waals surface area contributed by atoms with Crippen LogP contribution in [0.2, 0.25) is 0 Å². The van der Waals surface area contributed by atoms with Crippen LogP contribution in [0.1, 0.15) is 56.7 Å². The Morgan fingerprint density at radius 3 is 2.76 bits per heavy atom. The van der Waals surface area contributed by atoms with Crippen LogP contribution in [0.5, 0.6) is 0 Å². The van der Waals surface area contributed by atoms with Crippen molar-refractivity contribution in [1.29, 1.82) is 0 Å². The molecular weight excluding hydrogens is 526 g/mol. The van der Waals surface area contributed by atoms with E-state index in [2.05, 4.69) is 28.2 Å². The number of hydrogen-bond acceptors (Lipinski definition) is 8. The molecule has 2 aromatic rings. The molecule has 3 N–H and O–H groups in total. The van der Waals surface area contributed by atoms with Gasteiger partial charge in [0.05, 0.1) is 11.4 Å². The number of nitrogens with one attached hydrogen (secondary N) is 3. The number of carbonyl (C=O) groups excluding carboxylic acids is 3. The van der Waals surface area contributed by atoms with Gasteiger partial charge in [0.15, 0.2) is 6.29 Å². The van der Waals surface area contributed by atoms with E-state index in [9.17, 15) is 14.4 Å². The van der Waals surface area contributed by atoms with Crippen molar-refractivity contribution in [1.82, 2.24) is 10.8 Å². The van der Waals surface area contributed by atoms with Gasteiger partial charge in [0.2, 0.25) is 11.8 Å².